The molecular formula is C24H31N3O4S. The van der Waals surface area contributed by atoms with E-state index in [1.165, 1.54) is 30.2 Å². The number of aromatic nitrogens is 2. The molecule has 0 radical (unpaired) electrons. The molecule has 1 saturated heterocycles. The van der Waals surface area contributed by atoms with Gasteiger partial charge in [0.15, 0.2) is 16.7 Å². The molecule has 0 saturated carbocycles. The van der Waals surface area contributed by atoms with Gasteiger partial charge in [-0.05, 0) is 51.0 Å². The van der Waals surface area contributed by atoms with Gasteiger partial charge in [-0.1, -0.05) is 23.4 Å². The first-order valence-corrected chi connectivity index (χ1v) is 12.3. The Morgan fingerprint density at radius 2 is 1.84 bits per heavy atom. The molecule has 0 bridgehead atoms. The Labute approximate surface area is 192 Å². The molecule has 32 heavy (non-hydrogen) atoms. The van der Waals surface area contributed by atoms with Crippen LogP contribution in [0.3, 0.4) is 0 Å². The van der Waals surface area contributed by atoms with Gasteiger partial charge in [0.25, 0.3) is 5.56 Å². The van der Waals surface area contributed by atoms with Crippen molar-refractivity contribution in [1.82, 2.24) is 14.5 Å². The van der Waals surface area contributed by atoms with Crippen LogP contribution in [0, 0.1) is 0 Å². The first kappa shape index (κ1) is 22.7. The Balaban J connectivity index is 1.67. The van der Waals surface area contributed by atoms with Crippen molar-refractivity contribution >= 4 is 28.6 Å². The van der Waals surface area contributed by atoms with Crippen molar-refractivity contribution in [2.24, 2.45) is 0 Å². The van der Waals surface area contributed by atoms with Crippen LogP contribution in [0.2, 0.25) is 0 Å². The third-order valence-electron chi connectivity index (χ3n) is 6.25. The van der Waals surface area contributed by atoms with Crippen LogP contribution in [0.25, 0.3) is 10.9 Å². The number of likely N-dealkylation sites (tertiary alicyclic amines) is 1. The fraction of sp³-hybridized carbons (Fsp3) is 0.542. The van der Waals surface area contributed by atoms with Crippen LogP contribution in [-0.2, 0) is 11.3 Å². The summed E-state index contributed by atoms with van der Waals surface area (Å²) in [6, 6.07) is 3.43. The van der Waals surface area contributed by atoms with Gasteiger partial charge < -0.3 is 14.4 Å². The van der Waals surface area contributed by atoms with Crippen molar-refractivity contribution in [2.75, 3.05) is 33.1 Å². The zero-order valence-electron chi connectivity index (χ0n) is 18.9. The SMILES string of the molecule is COc1cc2nc(SCC(=O)N3CCCC3)n(CCC3=CCCCC3)c(=O)c2cc1OC. The quantitative estimate of drug-likeness (QED) is 0.339. The number of nitrogens with zero attached hydrogens (tertiary/aromatic N) is 3. The van der Waals surface area contributed by atoms with Gasteiger partial charge in [-0.2, -0.15) is 0 Å². The van der Waals surface area contributed by atoms with E-state index in [-0.39, 0.29) is 17.2 Å². The third kappa shape index (κ3) is 4.95. The van der Waals surface area contributed by atoms with Crippen LogP contribution in [-0.4, -0.2) is 53.4 Å². The number of benzene rings is 1. The third-order valence-corrected chi connectivity index (χ3v) is 7.21. The van der Waals surface area contributed by atoms with Gasteiger partial charge >= 0.3 is 0 Å². The van der Waals surface area contributed by atoms with E-state index < -0.39 is 0 Å². The minimum absolute atomic E-state index is 0.107. The molecule has 172 valence electrons. The first-order chi connectivity index (χ1) is 15.6. The van der Waals surface area contributed by atoms with E-state index in [0.29, 0.717) is 34.1 Å². The summed E-state index contributed by atoms with van der Waals surface area (Å²) in [4.78, 5) is 32.8. The van der Waals surface area contributed by atoms with Gasteiger partial charge in [0.1, 0.15) is 0 Å². The Kier molecular flexibility index (Phi) is 7.40. The number of hydrogen-bond donors (Lipinski definition) is 0. The Morgan fingerprint density at radius 3 is 2.53 bits per heavy atom. The van der Waals surface area contributed by atoms with Gasteiger partial charge in [-0.25, -0.2) is 4.98 Å². The lowest BCUT2D eigenvalue weighted by atomic mass is 9.97. The van der Waals surface area contributed by atoms with Gasteiger partial charge in [-0.3, -0.25) is 14.2 Å². The topological polar surface area (TPSA) is 73.7 Å². The van der Waals surface area contributed by atoms with E-state index in [2.05, 4.69) is 6.08 Å². The highest BCUT2D eigenvalue weighted by molar-refractivity contribution is 7.99. The number of ether oxygens (including phenoxy) is 2. The van der Waals surface area contributed by atoms with Crippen molar-refractivity contribution in [1.29, 1.82) is 0 Å². The number of thioether (sulfide) groups is 1. The van der Waals surface area contributed by atoms with E-state index in [4.69, 9.17) is 14.5 Å². The summed E-state index contributed by atoms with van der Waals surface area (Å²) in [5.41, 5.74) is 1.85. The van der Waals surface area contributed by atoms with Gasteiger partial charge in [0.2, 0.25) is 5.91 Å². The molecule has 7 nitrogen and oxygen atoms in total. The Bertz CT molecular complexity index is 1070. The van der Waals surface area contributed by atoms with E-state index in [0.717, 1.165) is 45.2 Å². The summed E-state index contributed by atoms with van der Waals surface area (Å²) in [6.07, 6.45) is 9.91. The predicted molar refractivity (Wildman–Crippen MR) is 127 cm³/mol. The smallest absolute Gasteiger partial charge is 0.262 e. The lowest BCUT2D eigenvalue weighted by molar-refractivity contribution is -0.127. The summed E-state index contributed by atoms with van der Waals surface area (Å²) in [5, 5.41) is 1.08. The zero-order valence-corrected chi connectivity index (χ0v) is 19.7. The van der Waals surface area contributed by atoms with E-state index in [1.807, 2.05) is 4.90 Å². The summed E-state index contributed by atoms with van der Waals surface area (Å²) < 4.78 is 12.5. The highest BCUT2D eigenvalue weighted by Crippen LogP contribution is 2.31. The molecule has 2 aliphatic rings. The molecule has 4 rings (SSSR count). The first-order valence-electron chi connectivity index (χ1n) is 11.4. The molecule has 1 aromatic carbocycles. The summed E-state index contributed by atoms with van der Waals surface area (Å²) in [6.45, 7) is 2.20. The molecule has 0 unspecified atom stereocenters. The van der Waals surface area contributed by atoms with Crippen LogP contribution < -0.4 is 15.0 Å². The van der Waals surface area contributed by atoms with Crippen LogP contribution in [0.15, 0.2) is 33.7 Å². The van der Waals surface area contributed by atoms with Crippen molar-refractivity contribution in [3.05, 3.63) is 34.1 Å². The second-order valence-corrected chi connectivity index (χ2v) is 9.25. The predicted octanol–water partition coefficient (Wildman–Crippen LogP) is 4.02. The monoisotopic (exact) mass is 457 g/mol. The van der Waals surface area contributed by atoms with Crippen molar-refractivity contribution < 1.29 is 14.3 Å². The number of hydrogen-bond acceptors (Lipinski definition) is 6. The number of rotatable bonds is 8. The average molecular weight is 458 g/mol. The standard InChI is InChI=1S/C24H31N3O4S/c1-30-20-14-18-19(15-21(20)31-2)25-24(32-16-22(28)26-11-6-7-12-26)27(23(18)29)13-10-17-8-4-3-5-9-17/h8,14-15H,3-7,9-13,16H2,1-2H3. The number of amides is 1. The molecule has 0 spiro atoms. The molecule has 0 atom stereocenters. The Hall–Kier alpha value is -2.48. The molecule has 1 fully saturated rings. The number of carbonyl (C=O) groups is 1. The van der Waals surface area contributed by atoms with Crippen molar-refractivity contribution in [3.8, 4) is 11.5 Å². The molecule has 2 heterocycles. The van der Waals surface area contributed by atoms with Crippen LogP contribution in [0.1, 0.15) is 44.9 Å². The number of fused-ring (bicyclic) bond motifs is 1. The van der Waals surface area contributed by atoms with Crippen LogP contribution in [0.4, 0.5) is 0 Å². The summed E-state index contributed by atoms with van der Waals surface area (Å²) >= 11 is 1.35. The molecule has 1 aliphatic heterocycles. The molecular weight excluding hydrogens is 426 g/mol. The largest absolute Gasteiger partial charge is 0.493 e. The van der Waals surface area contributed by atoms with Crippen molar-refractivity contribution in [2.45, 2.75) is 56.6 Å². The van der Waals surface area contributed by atoms with Gasteiger partial charge in [0.05, 0.1) is 30.9 Å². The fourth-order valence-corrected chi connectivity index (χ4v) is 5.33. The number of methoxy groups -OCH3 is 2. The molecule has 2 aromatic rings. The van der Waals surface area contributed by atoms with Crippen molar-refractivity contribution in [3.63, 3.8) is 0 Å². The lowest BCUT2D eigenvalue weighted by Crippen LogP contribution is -2.30. The fourth-order valence-electron chi connectivity index (χ4n) is 4.41. The second kappa shape index (κ2) is 10.4. The minimum atomic E-state index is -0.108. The van der Waals surface area contributed by atoms with Crippen LogP contribution in [0.5, 0.6) is 11.5 Å². The molecule has 8 heteroatoms. The maximum Gasteiger partial charge on any atom is 0.262 e. The van der Waals surface area contributed by atoms with Crippen LogP contribution >= 0.6 is 11.8 Å². The highest BCUT2D eigenvalue weighted by atomic mass is 32.2. The average Bonchev–Trinajstić information content (AvgIpc) is 3.37. The minimum Gasteiger partial charge on any atom is -0.493 e. The highest BCUT2D eigenvalue weighted by Gasteiger charge is 2.21. The normalized spacial score (nSPS) is 16.3. The Morgan fingerprint density at radius 1 is 1.09 bits per heavy atom. The second-order valence-electron chi connectivity index (χ2n) is 8.31. The van der Waals surface area contributed by atoms with Gasteiger partial charge in [-0.15, -0.1) is 0 Å². The zero-order chi connectivity index (χ0) is 22.5. The van der Waals surface area contributed by atoms with E-state index >= 15 is 0 Å². The maximum absolute atomic E-state index is 13.5. The number of allylic oxidation sites excluding steroid dienone is 2. The number of carbonyl (C=O) groups excluding carboxylic acids is 1. The maximum atomic E-state index is 13.5. The summed E-state index contributed by atoms with van der Waals surface area (Å²) in [7, 11) is 3.12. The van der Waals surface area contributed by atoms with E-state index in [1.54, 1.807) is 30.9 Å². The lowest BCUT2D eigenvalue weighted by Gasteiger charge is -2.18. The molecule has 0 N–H and O–H groups in total. The van der Waals surface area contributed by atoms with E-state index in [9.17, 15) is 9.59 Å². The molecule has 1 aliphatic carbocycles. The van der Waals surface area contributed by atoms with Gasteiger partial charge in [0, 0.05) is 25.7 Å². The summed E-state index contributed by atoms with van der Waals surface area (Å²) in [5.74, 6) is 1.43. The molecule has 1 amide bonds. The molecule has 1 aromatic heterocycles.